The van der Waals surface area contributed by atoms with Gasteiger partial charge >= 0.3 is 12.1 Å². The number of aliphatic hydroxyl groups is 1. The Morgan fingerprint density at radius 3 is 1.42 bits per heavy atom. The number of likely N-dealkylation sites (N-methyl/N-ethyl adjacent to an activating group) is 2. The van der Waals surface area contributed by atoms with Gasteiger partial charge in [0.2, 0.25) is 0 Å². The van der Waals surface area contributed by atoms with Crippen LogP contribution in [0.5, 0.6) is 0 Å². The van der Waals surface area contributed by atoms with E-state index in [1.807, 2.05) is 148 Å². The molecule has 5 atom stereocenters. The van der Waals surface area contributed by atoms with Crippen molar-refractivity contribution in [3.8, 4) is 11.1 Å². The van der Waals surface area contributed by atoms with Crippen molar-refractivity contribution >= 4 is 23.8 Å². The molecule has 6 rings (SSSR count). The average molecular weight is 918 g/mol. The third-order valence-corrected chi connectivity index (χ3v) is 13.1. The number of carbonyl (C=O) groups is 2. The van der Waals surface area contributed by atoms with Gasteiger partial charge in [0.25, 0.3) is 0 Å². The Labute approximate surface area is 397 Å². The van der Waals surface area contributed by atoms with E-state index in [1.54, 1.807) is 11.8 Å². The summed E-state index contributed by atoms with van der Waals surface area (Å²) in [5.41, 5.74) is 7.12. The Bertz CT molecular complexity index is 2100. The monoisotopic (exact) mass is 918 g/mol. The SMILES string of the molecule is CN[C@H](CO)C(C)OC(C)(C)C.CN[C@H](COC(=O)[C@H](CSC(c1ccccc1)(c1ccccc1)c1ccccc1)NC(=O)OCC1c2ccccc2-c2ccccc21)C(C)OC(C)(C)C. The standard InChI is InChI=1S/C46H50N2O5S.C9H21NO2/c1-32(53-45(2,3)4)41(47-5)30-51-43(49)42(48-44(50)52-29-40-38-27-17-15-25-36(38)37-26-16-18-28-39(37)40)31-54-46(33-19-9-6-10-20-33,34-21-11-7-12-22-34)35-23-13-8-14-24-35;1-7(8(6-11)10-5)12-9(2,3)4/h6-28,32,40-42,47H,29-31H2,1-5H3,(H,48,50);7-8,10-11H,6H2,1-5H3/t32?,41-,42+;7?,8-/m11/s1. The third-order valence-electron chi connectivity index (χ3n) is 11.5. The minimum absolute atomic E-state index is 0.0178. The maximum absolute atomic E-state index is 14.1. The second kappa shape index (κ2) is 24.1. The number of fused-ring (bicyclic) bond motifs is 3. The minimum Gasteiger partial charge on any atom is -0.462 e. The highest BCUT2D eigenvalue weighted by Crippen LogP contribution is 2.49. The predicted molar refractivity (Wildman–Crippen MR) is 268 cm³/mol. The predicted octanol–water partition coefficient (Wildman–Crippen LogP) is 9.72. The van der Waals surface area contributed by atoms with Gasteiger partial charge in [-0.15, -0.1) is 11.8 Å². The first-order valence-electron chi connectivity index (χ1n) is 22.9. The third kappa shape index (κ3) is 14.0. The molecule has 0 spiro atoms. The molecule has 354 valence electrons. The molecule has 0 bridgehead atoms. The summed E-state index contributed by atoms with van der Waals surface area (Å²) in [6.07, 6.45) is -0.897. The van der Waals surface area contributed by atoms with E-state index in [9.17, 15) is 9.59 Å². The summed E-state index contributed by atoms with van der Waals surface area (Å²) in [7, 11) is 3.64. The van der Waals surface area contributed by atoms with Gasteiger partial charge in [-0.05, 0) is 108 Å². The fraction of sp³-hybridized carbons (Fsp3) is 0.418. The van der Waals surface area contributed by atoms with E-state index in [4.69, 9.17) is 24.1 Å². The zero-order chi connectivity index (χ0) is 47.9. The summed E-state index contributed by atoms with van der Waals surface area (Å²) in [5.74, 6) is -0.479. The second-order valence-electron chi connectivity index (χ2n) is 18.6. The number of nitrogens with one attached hydrogen (secondary N) is 3. The molecule has 1 amide bonds. The summed E-state index contributed by atoms with van der Waals surface area (Å²) in [6.45, 7) is 16.2. The van der Waals surface area contributed by atoms with E-state index >= 15 is 0 Å². The number of thioether (sulfide) groups is 1. The highest BCUT2D eigenvalue weighted by molar-refractivity contribution is 8.00. The van der Waals surface area contributed by atoms with Crippen LogP contribution in [0.4, 0.5) is 4.79 Å². The molecule has 1 aliphatic carbocycles. The molecule has 0 fully saturated rings. The smallest absolute Gasteiger partial charge is 0.407 e. The number of hydrogen-bond acceptors (Lipinski definition) is 10. The number of hydrogen-bond donors (Lipinski definition) is 4. The van der Waals surface area contributed by atoms with Crippen molar-refractivity contribution in [2.24, 2.45) is 0 Å². The first-order chi connectivity index (χ1) is 31.5. The Balaban J connectivity index is 0.000000597. The average Bonchev–Trinajstić information content (AvgIpc) is 3.62. The van der Waals surface area contributed by atoms with Crippen LogP contribution in [0.2, 0.25) is 0 Å². The Hall–Kier alpha value is -5.01. The highest BCUT2D eigenvalue weighted by atomic mass is 32.2. The number of rotatable bonds is 19. The largest absolute Gasteiger partial charge is 0.462 e. The molecule has 0 saturated carbocycles. The first-order valence-corrected chi connectivity index (χ1v) is 23.9. The van der Waals surface area contributed by atoms with Crippen LogP contribution in [0.1, 0.15) is 89.1 Å². The lowest BCUT2D eigenvalue weighted by Crippen LogP contribution is -2.48. The molecule has 10 nitrogen and oxygen atoms in total. The number of amides is 1. The van der Waals surface area contributed by atoms with Gasteiger partial charge < -0.3 is 40.0 Å². The minimum atomic E-state index is -1.03. The summed E-state index contributed by atoms with van der Waals surface area (Å²) in [4.78, 5) is 27.9. The Morgan fingerprint density at radius 2 is 1.02 bits per heavy atom. The molecule has 0 saturated heterocycles. The molecule has 5 aromatic rings. The molecule has 1 aliphatic rings. The molecule has 5 aromatic carbocycles. The Kier molecular flexibility index (Phi) is 19.0. The summed E-state index contributed by atoms with van der Waals surface area (Å²) < 4.78 is 23.0. The van der Waals surface area contributed by atoms with Crippen molar-refractivity contribution < 1.29 is 33.6 Å². The van der Waals surface area contributed by atoms with E-state index in [-0.39, 0.29) is 67.0 Å². The topological polar surface area (TPSA) is 127 Å². The number of benzene rings is 5. The molecular formula is C55H71N3O7S. The van der Waals surface area contributed by atoms with Crippen LogP contribution in [0.25, 0.3) is 11.1 Å². The van der Waals surface area contributed by atoms with E-state index < -0.39 is 22.9 Å². The van der Waals surface area contributed by atoms with Crippen molar-refractivity contribution in [3.05, 3.63) is 167 Å². The van der Waals surface area contributed by atoms with Crippen LogP contribution < -0.4 is 16.0 Å². The maximum Gasteiger partial charge on any atom is 0.407 e. The summed E-state index contributed by atoms with van der Waals surface area (Å²) >= 11 is 1.57. The second-order valence-corrected chi connectivity index (χ2v) is 19.8. The van der Waals surface area contributed by atoms with Crippen molar-refractivity contribution in [1.29, 1.82) is 0 Å². The summed E-state index contributed by atoms with van der Waals surface area (Å²) in [6, 6.07) is 45.9. The van der Waals surface area contributed by atoms with Crippen molar-refractivity contribution in [1.82, 2.24) is 16.0 Å². The van der Waals surface area contributed by atoms with Crippen LogP contribution in [-0.4, -0.2) is 98.4 Å². The zero-order valence-electron chi connectivity index (χ0n) is 40.4. The van der Waals surface area contributed by atoms with Gasteiger partial charge in [-0.25, -0.2) is 9.59 Å². The number of carbonyl (C=O) groups excluding carboxylic acids is 2. The fourth-order valence-electron chi connectivity index (χ4n) is 8.41. The molecule has 0 aliphatic heterocycles. The molecule has 4 N–H and O–H groups in total. The molecule has 0 heterocycles. The van der Waals surface area contributed by atoms with Gasteiger partial charge in [-0.1, -0.05) is 140 Å². The van der Waals surface area contributed by atoms with E-state index in [0.717, 1.165) is 38.9 Å². The molecule has 11 heteroatoms. The van der Waals surface area contributed by atoms with Crippen LogP contribution in [0.3, 0.4) is 0 Å². The van der Waals surface area contributed by atoms with E-state index in [0.29, 0.717) is 0 Å². The molecule has 66 heavy (non-hydrogen) atoms. The quantitative estimate of drug-likeness (QED) is 0.0470. The van der Waals surface area contributed by atoms with Crippen LogP contribution in [0.15, 0.2) is 140 Å². The molecular weight excluding hydrogens is 847 g/mol. The van der Waals surface area contributed by atoms with Crippen LogP contribution in [0, 0.1) is 0 Å². The lowest BCUT2D eigenvalue weighted by Gasteiger charge is -2.36. The van der Waals surface area contributed by atoms with Gasteiger partial charge in [0.15, 0.2) is 0 Å². The van der Waals surface area contributed by atoms with Gasteiger partial charge in [0.1, 0.15) is 19.3 Å². The normalized spacial score (nSPS) is 14.9. The fourth-order valence-corrected chi connectivity index (χ4v) is 9.95. The Morgan fingerprint density at radius 1 is 0.606 bits per heavy atom. The molecule has 0 radical (unpaired) electrons. The number of alkyl carbamates (subject to hydrolysis) is 1. The highest BCUT2D eigenvalue weighted by Gasteiger charge is 2.39. The number of ether oxygens (including phenoxy) is 4. The number of aliphatic hydroxyl groups excluding tert-OH is 1. The first kappa shape index (κ1) is 52.0. The van der Waals surface area contributed by atoms with Crippen LogP contribution in [-0.2, 0) is 28.5 Å². The van der Waals surface area contributed by atoms with Gasteiger partial charge in [-0.3, -0.25) is 0 Å². The lowest BCUT2D eigenvalue weighted by atomic mass is 9.84. The van der Waals surface area contributed by atoms with E-state index in [2.05, 4.69) is 76.6 Å². The van der Waals surface area contributed by atoms with E-state index in [1.165, 1.54) is 0 Å². The molecule has 2 unspecified atom stereocenters. The van der Waals surface area contributed by atoms with Crippen molar-refractivity contribution in [2.45, 2.75) is 108 Å². The molecule has 0 aromatic heterocycles. The van der Waals surface area contributed by atoms with Gasteiger partial charge in [0, 0.05) is 11.7 Å². The van der Waals surface area contributed by atoms with Crippen molar-refractivity contribution in [2.75, 3.05) is 39.7 Å². The lowest BCUT2D eigenvalue weighted by molar-refractivity contribution is -0.148. The van der Waals surface area contributed by atoms with Crippen molar-refractivity contribution in [3.63, 3.8) is 0 Å². The number of esters is 1. The van der Waals surface area contributed by atoms with Crippen LogP contribution >= 0.6 is 11.8 Å². The van der Waals surface area contributed by atoms with Gasteiger partial charge in [-0.2, -0.15) is 0 Å². The summed E-state index contributed by atoms with van der Waals surface area (Å²) in [5, 5.41) is 18.1. The zero-order valence-corrected chi connectivity index (χ0v) is 41.2. The maximum atomic E-state index is 14.1. The van der Waals surface area contributed by atoms with Gasteiger partial charge in [0.05, 0.1) is 46.8 Å².